The van der Waals surface area contributed by atoms with E-state index in [9.17, 15) is 9.59 Å². The van der Waals surface area contributed by atoms with Crippen LogP contribution in [0.3, 0.4) is 0 Å². The third kappa shape index (κ3) is 1.66. The van der Waals surface area contributed by atoms with Crippen LogP contribution >= 0.6 is 0 Å². The van der Waals surface area contributed by atoms with Gasteiger partial charge in [0.1, 0.15) is 0 Å². The normalized spacial score (nSPS) is 20.0. The van der Waals surface area contributed by atoms with Crippen LogP contribution in [0.2, 0.25) is 0 Å². The van der Waals surface area contributed by atoms with Gasteiger partial charge in [0, 0.05) is 6.42 Å². The van der Waals surface area contributed by atoms with Gasteiger partial charge in [-0.2, -0.15) is 0 Å². The van der Waals surface area contributed by atoms with Gasteiger partial charge < -0.3 is 4.74 Å². The first kappa shape index (κ1) is 8.94. The molecule has 0 radical (unpaired) electrons. The standard InChI is InChI=1S/C11H10O3/c12-9-6-7-10(9)14-11(13)8-4-2-1-3-5-8/h1-5,10H,6-7H2. The van der Waals surface area contributed by atoms with Crippen LogP contribution in [-0.2, 0) is 9.53 Å². The highest BCUT2D eigenvalue weighted by Crippen LogP contribution is 2.19. The molecule has 0 saturated heterocycles. The Balaban J connectivity index is 1.99. The highest BCUT2D eigenvalue weighted by atomic mass is 16.5. The van der Waals surface area contributed by atoms with E-state index in [0.29, 0.717) is 18.4 Å². The van der Waals surface area contributed by atoms with Crippen LogP contribution in [0, 0.1) is 0 Å². The Hall–Kier alpha value is -1.64. The Morgan fingerprint density at radius 1 is 1.29 bits per heavy atom. The molecule has 1 aliphatic carbocycles. The molecule has 1 aromatic rings. The molecule has 0 aliphatic heterocycles. The van der Waals surface area contributed by atoms with Crippen LogP contribution in [0.5, 0.6) is 0 Å². The van der Waals surface area contributed by atoms with Crippen molar-refractivity contribution in [3.05, 3.63) is 35.9 Å². The lowest BCUT2D eigenvalue weighted by Gasteiger charge is -2.23. The summed E-state index contributed by atoms with van der Waals surface area (Å²) in [5.74, 6) is -0.391. The molecule has 1 unspecified atom stereocenters. The van der Waals surface area contributed by atoms with Gasteiger partial charge in [0.15, 0.2) is 11.9 Å². The number of benzene rings is 1. The Labute approximate surface area is 81.7 Å². The van der Waals surface area contributed by atoms with E-state index in [1.807, 2.05) is 6.07 Å². The molecule has 0 bridgehead atoms. The largest absolute Gasteiger partial charge is 0.451 e. The summed E-state index contributed by atoms with van der Waals surface area (Å²) in [4.78, 5) is 22.3. The molecule has 1 aromatic carbocycles. The number of hydrogen-bond acceptors (Lipinski definition) is 3. The summed E-state index contributed by atoms with van der Waals surface area (Å²) in [6, 6.07) is 8.70. The lowest BCUT2D eigenvalue weighted by molar-refractivity contribution is -0.136. The van der Waals surface area contributed by atoms with Crippen molar-refractivity contribution in [3.63, 3.8) is 0 Å². The van der Waals surface area contributed by atoms with E-state index in [1.165, 1.54) is 0 Å². The van der Waals surface area contributed by atoms with Gasteiger partial charge in [0.25, 0.3) is 0 Å². The van der Waals surface area contributed by atoms with E-state index >= 15 is 0 Å². The van der Waals surface area contributed by atoms with Crippen molar-refractivity contribution >= 4 is 11.8 Å². The predicted molar refractivity (Wildman–Crippen MR) is 49.9 cm³/mol. The summed E-state index contributed by atoms with van der Waals surface area (Å²) < 4.78 is 5.00. The molecule has 2 rings (SSSR count). The van der Waals surface area contributed by atoms with Gasteiger partial charge in [-0.25, -0.2) is 4.79 Å². The van der Waals surface area contributed by atoms with Crippen LogP contribution in [-0.4, -0.2) is 17.9 Å². The minimum absolute atomic E-state index is 0.0225. The SMILES string of the molecule is O=C(OC1CCC1=O)c1ccccc1. The molecule has 0 aromatic heterocycles. The van der Waals surface area contributed by atoms with Crippen molar-refractivity contribution in [2.75, 3.05) is 0 Å². The van der Waals surface area contributed by atoms with Crippen LogP contribution < -0.4 is 0 Å². The average molecular weight is 190 g/mol. The zero-order valence-corrected chi connectivity index (χ0v) is 7.60. The third-order valence-corrected chi connectivity index (χ3v) is 2.27. The Morgan fingerprint density at radius 2 is 2.00 bits per heavy atom. The zero-order valence-electron chi connectivity index (χ0n) is 7.60. The van der Waals surface area contributed by atoms with Gasteiger partial charge in [0.2, 0.25) is 0 Å². The quantitative estimate of drug-likeness (QED) is 0.665. The minimum Gasteiger partial charge on any atom is -0.451 e. The smallest absolute Gasteiger partial charge is 0.338 e. The average Bonchev–Trinajstić information content (AvgIpc) is 2.24. The first-order valence-corrected chi connectivity index (χ1v) is 4.56. The maximum atomic E-state index is 11.4. The van der Waals surface area contributed by atoms with Gasteiger partial charge in [-0.3, -0.25) is 4.79 Å². The van der Waals surface area contributed by atoms with Gasteiger partial charge in [-0.1, -0.05) is 18.2 Å². The molecule has 0 N–H and O–H groups in total. The molecule has 0 spiro atoms. The zero-order chi connectivity index (χ0) is 9.97. The number of ketones is 1. The summed E-state index contributed by atoms with van der Waals surface area (Å²) >= 11 is 0. The number of carbonyl (C=O) groups excluding carboxylic acids is 2. The molecule has 0 heterocycles. The molecule has 1 fully saturated rings. The van der Waals surface area contributed by atoms with Crippen molar-refractivity contribution < 1.29 is 14.3 Å². The number of carbonyl (C=O) groups is 2. The monoisotopic (exact) mass is 190 g/mol. The summed E-state index contributed by atoms with van der Waals surface area (Å²) in [6.45, 7) is 0. The second kappa shape index (κ2) is 3.62. The summed E-state index contributed by atoms with van der Waals surface area (Å²) in [5.41, 5.74) is 0.493. The lowest BCUT2D eigenvalue weighted by atomic mass is 9.94. The molecule has 14 heavy (non-hydrogen) atoms. The van der Waals surface area contributed by atoms with E-state index in [0.717, 1.165) is 0 Å². The predicted octanol–water partition coefficient (Wildman–Crippen LogP) is 1.57. The first-order chi connectivity index (χ1) is 6.77. The van der Waals surface area contributed by atoms with E-state index in [-0.39, 0.29) is 5.78 Å². The molecule has 1 atom stereocenters. The maximum absolute atomic E-state index is 11.4. The Kier molecular flexibility index (Phi) is 2.31. The molecule has 3 heteroatoms. The van der Waals surface area contributed by atoms with Crippen LogP contribution in [0.15, 0.2) is 30.3 Å². The summed E-state index contributed by atoms with van der Waals surface area (Å²) in [5, 5.41) is 0. The number of esters is 1. The summed E-state index contributed by atoms with van der Waals surface area (Å²) in [6.07, 6.45) is 0.701. The number of hydrogen-bond donors (Lipinski definition) is 0. The Bertz CT molecular complexity index is 356. The Morgan fingerprint density at radius 3 is 2.50 bits per heavy atom. The fourth-order valence-electron chi connectivity index (χ4n) is 1.28. The second-order valence-electron chi connectivity index (χ2n) is 3.26. The molecule has 1 saturated carbocycles. The van der Waals surface area contributed by atoms with Crippen LogP contribution in [0.1, 0.15) is 23.2 Å². The fraction of sp³-hybridized carbons (Fsp3) is 0.273. The number of ether oxygens (including phenoxy) is 1. The highest BCUT2D eigenvalue weighted by Gasteiger charge is 2.31. The molecule has 3 nitrogen and oxygen atoms in total. The maximum Gasteiger partial charge on any atom is 0.338 e. The molecule has 0 amide bonds. The number of Topliss-reactive ketones (excluding diaryl/α,β-unsaturated/α-hetero) is 1. The van der Waals surface area contributed by atoms with E-state index in [4.69, 9.17) is 4.74 Å². The van der Waals surface area contributed by atoms with E-state index < -0.39 is 12.1 Å². The second-order valence-corrected chi connectivity index (χ2v) is 3.26. The number of rotatable bonds is 2. The van der Waals surface area contributed by atoms with Gasteiger partial charge in [-0.05, 0) is 18.6 Å². The summed E-state index contributed by atoms with van der Waals surface area (Å²) in [7, 11) is 0. The topological polar surface area (TPSA) is 43.4 Å². The van der Waals surface area contributed by atoms with Crippen molar-refractivity contribution in [2.24, 2.45) is 0 Å². The lowest BCUT2D eigenvalue weighted by Crippen LogP contribution is -2.36. The van der Waals surface area contributed by atoms with Crippen molar-refractivity contribution in [2.45, 2.75) is 18.9 Å². The van der Waals surface area contributed by atoms with Crippen LogP contribution in [0.4, 0.5) is 0 Å². The van der Waals surface area contributed by atoms with Crippen LogP contribution in [0.25, 0.3) is 0 Å². The fourth-order valence-corrected chi connectivity index (χ4v) is 1.28. The third-order valence-electron chi connectivity index (χ3n) is 2.27. The first-order valence-electron chi connectivity index (χ1n) is 4.56. The molecule has 72 valence electrons. The highest BCUT2D eigenvalue weighted by molar-refractivity contribution is 5.95. The van der Waals surface area contributed by atoms with Crippen molar-refractivity contribution in [1.29, 1.82) is 0 Å². The molecular formula is C11H10O3. The van der Waals surface area contributed by atoms with Gasteiger partial charge in [-0.15, -0.1) is 0 Å². The van der Waals surface area contributed by atoms with Crippen molar-refractivity contribution in [1.82, 2.24) is 0 Å². The molecule has 1 aliphatic rings. The van der Waals surface area contributed by atoms with Crippen molar-refractivity contribution in [3.8, 4) is 0 Å². The molecular weight excluding hydrogens is 180 g/mol. The van der Waals surface area contributed by atoms with E-state index in [1.54, 1.807) is 24.3 Å². The van der Waals surface area contributed by atoms with E-state index in [2.05, 4.69) is 0 Å². The van der Waals surface area contributed by atoms with Gasteiger partial charge in [0.05, 0.1) is 5.56 Å². The van der Waals surface area contributed by atoms with Gasteiger partial charge >= 0.3 is 5.97 Å². The minimum atomic E-state index is -0.497.